The fourth-order valence-corrected chi connectivity index (χ4v) is 0.856. The summed E-state index contributed by atoms with van der Waals surface area (Å²) < 4.78 is 9.12. The van der Waals surface area contributed by atoms with Gasteiger partial charge in [-0.3, -0.25) is 5.41 Å². The highest BCUT2D eigenvalue weighted by Crippen LogP contribution is 2.32. The molecule has 0 amide bonds. The van der Waals surface area contributed by atoms with Gasteiger partial charge in [0, 0.05) is 0 Å². The first-order valence-corrected chi connectivity index (χ1v) is 2.82. The average Bonchev–Trinajstić information content (AvgIpc) is 2.37. The van der Waals surface area contributed by atoms with Gasteiger partial charge in [0.05, 0.1) is 6.07 Å². The third kappa shape index (κ3) is 0.644. The number of carbonyl (C=O) groups is 1. The molecule has 1 aliphatic rings. The molecule has 0 radical (unpaired) electrons. The number of hydrogen-bond acceptors (Lipinski definition) is 5. The molecule has 2 heterocycles. The molecule has 0 bridgehead atoms. The minimum atomic E-state index is -0.751. The van der Waals surface area contributed by atoms with E-state index >= 15 is 0 Å². The Morgan fingerprint density at radius 1 is 1.55 bits per heavy atom. The third-order valence-electron chi connectivity index (χ3n) is 1.32. The topological polar surface area (TPSA) is 83.5 Å². The van der Waals surface area contributed by atoms with Crippen molar-refractivity contribution in [1.82, 2.24) is 0 Å². The smallest absolute Gasteiger partial charge is 0.365 e. The molecule has 0 saturated heterocycles. The van der Waals surface area contributed by atoms with Crippen LogP contribution in [0.25, 0.3) is 0 Å². The third-order valence-corrected chi connectivity index (χ3v) is 1.32. The number of aromatic hydroxyl groups is 1. The van der Waals surface area contributed by atoms with Gasteiger partial charge in [-0.25, -0.2) is 4.79 Å². The van der Waals surface area contributed by atoms with Gasteiger partial charge in [-0.15, -0.1) is 0 Å². The first-order chi connectivity index (χ1) is 5.18. The van der Waals surface area contributed by atoms with Crippen molar-refractivity contribution in [2.45, 2.75) is 0 Å². The highest BCUT2D eigenvalue weighted by molar-refractivity contribution is 6.44. The summed E-state index contributed by atoms with van der Waals surface area (Å²) in [6.07, 6.45) is 0. The lowest BCUT2D eigenvalue weighted by molar-refractivity contribution is -0.126. The van der Waals surface area contributed by atoms with Crippen molar-refractivity contribution in [1.29, 1.82) is 5.41 Å². The van der Waals surface area contributed by atoms with Gasteiger partial charge in [0.15, 0.2) is 11.5 Å². The molecule has 2 rings (SSSR count). The van der Waals surface area contributed by atoms with E-state index in [4.69, 9.17) is 10.5 Å². The number of fused-ring (bicyclic) bond motifs is 1. The van der Waals surface area contributed by atoms with E-state index < -0.39 is 5.97 Å². The Labute approximate surface area is 60.7 Å². The van der Waals surface area contributed by atoms with Crippen molar-refractivity contribution in [3.63, 3.8) is 0 Å². The van der Waals surface area contributed by atoms with Crippen molar-refractivity contribution >= 4 is 11.7 Å². The zero-order valence-electron chi connectivity index (χ0n) is 5.25. The number of rotatable bonds is 0. The Balaban J connectivity index is 2.60. The highest BCUT2D eigenvalue weighted by atomic mass is 16.6. The molecule has 0 atom stereocenters. The minimum Gasteiger partial charge on any atom is -0.481 e. The van der Waals surface area contributed by atoms with Crippen LogP contribution >= 0.6 is 0 Å². The summed E-state index contributed by atoms with van der Waals surface area (Å²) in [4.78, 5) is 10.6. The van der Waals surface area contributed by atoms with Crippen LogP contribution < -0.4 is 4.74 Å². The highest BCUT2D eigenvalue weighted by Gasteiger charge is 2.32. The van der Waals surface area contributed by atoms with E-state index in [1.54, 1.807) is 0 Å². The molecule has 0 aliphatic carbocycles. The van der Waals surface area contributed by atoms with Gasteiger partial charge >= 0.3 is 5.97 Å². The van der Waals surface area contributed by atoms with E-state index in [0.29, 0.717) is 0 Å². The van der Waals surface area contributed by atoms with Crippen molar-refractivity contribution in [2.75, 3.05) is 0 Å². The monoisotopic (exact) mass is 153 g/mol. The predicted molar refractivity (Wildman–Crippen MR) is 32.8 cm³/mol. The second-order valence-electron chi connectivity index (χ2n) is 2.04. The lowest BCUT2D eigenvalue weighted by atomic mass is 10.3. The van der Waals surface area contributed by atoms with Crippen LogP contribution in [0.5, 0.6) is 11.7 Å². The van der Waals surface area contributed by atoms with Crippen molar-refractivity contribution in [3.8, 4) is 11.7 Å². The molecule has 5 heteroatoms. The van der Waals surface area contributed by atoms with Crippen LogP contribution in [0.1, 0.15) is 5.76 Å². The summed E-state index contributed by atoms with van der Waals surface area (Å²) in [6.45, 7) is 0. The summed E-state index contributed by atoms with van der Waals surface area (Å²) in [6, 6.07) is 1.15. The Morgan fingerprint density at radius 3 is 2.91 bits per heavy atom. The summed E-state index contributed by atoms with van der Waals surface area (Å²) in [5, 5.41) is 15.8. The molecule has 0 saturated carbocycles. The number of carbonyl (C=O) groups excluding carboxylic acids is 1. The Bertz CT molecular complexity index is 351. The van der Waals surface area contributed by atoms with Gasteiger partial charge in [0.1, 0.15) is 0 Å². The molecule has 1 aromatic rings. The Hall–Kier alpha value is -1.78. The maximum atomic E-state index is 10.6. The molecule has 0 aromatic carbocycles. The number of ether oxygens (including phenoxy) is 1. The minimum absolute atomic E-state index is 0.00694. The number of hydrogen-bond donors (Lipinski definition) is 2. The standard InChI is InChI=1S/C6H3NO4/c7-4-5-2(10-6(4)9)1-3(8)11-5/h1,7-8H. The lowest BCUT2D eigenvalue weighted by Crippen LogP contribution is -2.10. The molecule has 1 aromatic heterocycles. The summed E-state index contributed by atoms with van der Waals surface area (Å²) in [5.74, 6) is -1.00. The van der Waals surface area contributed by atoms with Gasteiger partial charge in [-0.1, -0.05) is 0 Å². The molecule has 0 spiro atoms. The summed E-state index contributed by atoms with van der Waals surface area (Å²) in [7, 11) is 0. The lowest BCUT2D eigenvalue weighted by Gasteiger charge is -1.86. The molecular weight excluding hydrogens is 150 g/mol. The van der Waals surface area contributed by atoms with Gasteiger partial charge in [0.2, 0.25) is 5.76 Å². The van der Waals surface area contributed by atoms with Gasteiger partial charge in [-0.2, -0.15) is 0 Å². The average molecular weight is 153 g/mol. The Morgan fingerprint density at radius 2 is 2.27 bits per heavy atom. The summed E-state index contributed by atoms with van der Waals surface area (Å²) in [5.41, 5.74) is -0.361. The van der Waals surface area contributed by atoms with E-state index in [1.165, 1.54) is 0 Å². The van der Waals surface area contributed by atoms with Gasteiger partial charge < -0.3 is 14.3 Å². The van der Waals surface area contributed by atoms with Gasteiger partial charge in [0.25, 0.3) is 5.95 Å². The molecule has 2 N–H and O–H groups in total. The second kappa shape index (κ2) is 1.63. The van der Waals surface area contributed by atoms with E-state index in [-0.39, 0.29) is 23.2 Å². The second-order valence-corrected chi connectivity index (χ2v) is 2.04. The quantitative estimate of drug-likeness (QED) is 0.524. The van der Waals surface area contributed by atoms with Crippen molar-refractivity contribution in [3.05, 3.63) is 11.8 Å². The van der Waals surface area contributed by atoms with Crippen LogP contribution in [0.15, 0.2) is 10.5 Å². The largest absolute Gasteiger partial charge is 0.481 e. The normalized spacial score (nSPS) is 14.9. The molecule has 56 valence electrons. The van der Waals surface area contributed by atoms with E-state index in [2.05, 4.69) is 9.15 Å². The van der Waals surface area contributed by atoms with Crippen molar-refractivity contribution in [2.24, 2.45) is 0 Å². The zero-order valence-corrected chi connectivity index (χ0v) is 5.25. The maximum absolute atomic E-state index is 10.6. The fourth-order valence-electron chi connectivity index (χ4n) is 0.856. The zero-order chi connectivity index (χ0) is 8.01. The number of nitrogens with one attached hydrogen (secondary N) is 1. The van der Waals surface area contributed by atoms with E-state index in [9.17, 15) is 4.79 Å². The molecule has 11 heavy (non-hydrogen) atoms. The van der Waals surface area contributed by atoms with Gasteiger partial charge in [-0.05, 0) is 0 Å². The number of esters is 1. The predicted octanol–water partition coefficient (Wildman–Crippen LogP) is 0.272. The van der Waals surface area contributed by atoms with Crippen LogP contribution in [0.2, 0.25) is 0 Å². The van der Waals surface area contributed by atoms with Crippen molar-refractivity contribution < 1.29 is 19.1 Å². The Kier molecular flexibility index (Phi) is 0.883. The van der Waals surface area contributed by atoms with Crippen LogP contribution in [-0.4, -0.2) is 16.8 Å². The van der Waals surface area contributed by atoms with Crippen LogP contribution in [0.3, 0.4) is 0 Å². The maximum Gasteiger partial charge on any atom is 0.365 e. The molecule has 5 nitrogen and oxygen atoms in total. The first-order valence-electron chi connectivity index (χ1n) is 2.82. The molecular formula is C6H3NO4. The molecule has 0 unspecified atom stereocenters. The summed E-state index contributed by atoms with van der Waals surface area (Å²) >= 11 is 0. The van der Waals surface area contributed by atoms with E-state index in [0.717, 1.165) is 6.07 Å². The van der Waals surface area contributed by atoms with Crippen LogP contribution in [0, 0.1) is 5.41 Å². The SMILES string of the molecule is N=C1C(=O)Oc2cc(O)oc21. The van der Waals surface area contributed by atoms with Crippen LogP contribution in [0.4, 0.5) is 0 Å². The molecule has 1 aliphatic heterocycles. The van der Waals surface area contributed by atoms with Crippen LogP contribution in [-0.2, 0) is 4.79 Å². The van der Waals surface area contributed by atoms with E-state index in [1.807, 2.05) is 0 Å². The first kappa shape index (κ1) is 5.96. The molecule has 0 fully saturated rings. The fraction of sp³-hybridized carbons (Fsp3) is 0. The number of furan rings is 1.